The van der Waals surface area contributed by atoms with Gasteiger partial charge in [-0.2, -0.15) is 0 Å². The maximum absolute atomic E-state index is 13.5. The Hall–Kier alpha value is -2.41. The summed E-state index contributed by atoms with van der Waals surface area (Å²) in [7, 11) is 3.49. The summed E-state index contributed by atoms with van der Waals surface area (Å²) in [5.74, 6) is 0.374. The Bertz CT molecular complexity index is 819. The first-order chi connectivity index (χ1) is 13.4. The first-order valence-electron chi connectivity index (χ1n) is 9.16. The molecule has 1 amide bonds. The Labute approximate surface area is 174 Å². The fourth-order valence-electron chi connectivity index (χ4n) is 2.66. The van der Waals surface area contributed by atoms with Gasteiger partial charge in [0.05, 0.1) is 6.54 Å². The van der Waals surface area contributed by atoms with Crippen molar-refractivity contribution in [3.05, 3.63) is 69.4 Å². The lowest BCUT2D eigenvalue weighted by Gasteiger charge is -2.13. The van der Waals surface area contributed by atoms with E-state index in [9.17, 15) is 9.18 Å². The molecule has 0 fully saturated rings. The van der Waals surface area contributed by atoms with Crippen molar-refractivity contribution in [2.24, 2.45) is 4.99 Å². The molecule has 2 aromatic rings. The van der Waals surface area contributed by atoms with Crippen molar-refractivity contribution >= 4 is 27.8 Å². The lowest BCUT2D eigenvalue weighted by atomic mass is 10.1. The fraction of sp³-hybridized carbons (Fsp3) is 0.333. The zero-order valence-electron chi connectivity index (χ0n) is 16.4. The average molecular weight is 449 g/mol. The van der Waals surface area contributed by atoms with Crippen LogP contribution in [0.4, 0.5) is 4.39 Å². The molecule has 7 heteroatoms. The summed E-state index contributed by atoms with van der Waals surface area (Å²) in [5.41, 5.74) is 2.55. The third kappa shape index (κ3) is 6.96. The number of aliphatic imine (C=N–C) groups is 1. The van der Waals surface area contributed by atoms with Crippen LogP contribution < -0.4 is 10.6 Å². The molecule has 0 saturated carbocycles. The molecular formula is C21H26BrFN4O. The maximum Gasteiger partial charge on any atom is 0.253 e. The van der Waals surface area contributed by atoms with Gasteiger partial charge < -0.3 is 15.5 Å². The van der Waals surface area contributed by atoms with Crippen LogP contribution in [0.15, 0.2) is 51.9 Å². The van der Waals surface area contributed by atoms with E-state index in [0.29, 0.717) is 29.1 Å². The second-order valence-corrected chi connectivity index (χ2v) is 7.47. The minimum Gasteiger partial charge on any atom is -0.357 e. The summed E-state index contributed by atoms with van der Waals surface area (Å²) < 4.78 is 14.2. The first-order valence-corrected chi connectivity index (χ1v) is 9.96. The van der Waals surface area contributed by atoms with Crippen LogP contribution in [-0.2, 0) is 13.0 Å². The number of rotatable bonds is 7. The second-order valence-electron chi connectivity index (χ2n) is 6.55. The van der Waals surface area contributed by atoms with E-state index >= 15 is 0 Å². The zero-order chi connectivity index (χ0) is 20.5. The number of nitrogens with zero attached hydrogens (tertiary/aromatic N) is 2. The van der Waals surface area contributed by atoms with E-state index in [1.165, 1.54) is 12.1 Å². The van der Waals surface area contributed by atoms with Crippen LogP contribution in [0.25, 0.3) is 0 Å². The molecule has 28 heavy (non-hydrogen) atoms. The van der Waals surface area contributed by atoms with Gasteiger partial charge in [-0.05, 0) is 54.8 Å². The summed E-state index contributed by atoms with van der Waals surface area (Å²) in [5, 5.41) is 6.46. The summed E-state index contributed by atoms with van der Waals surface area (Å²) in [6.45, 7) is 3.76. The Morgan fingerprint density at radius 3 is 2.61 bits per heavy atom. The van der Waals surface area contributed by atoms with Crippen LogP contribution in [0.3, 0.4) is 0 Å². The molecule has 0 aliphatic rings. The van der Waals surface area contributed by atoms with Gasteiger partial charge in [0.25, 0.3) is 5.91 Å². The molecule has 2 N–H and O–H groups in total. The Kier molecular flexibility index (Phi) is 8.44. The summed E-state index contributed by atoms with van der Waals surface area (Å²) >= 11 is 3.30. The van der Waals surface area contributed by atoms with Gasteiger partial charge in [-0.1, -0.05) is 28.1 Å². The van der Waals surface area contributed by atoms with Crippen LogP contribution in [0, 0.1) is 5.82 Å². The van der Waals surface area contributed by atoms with Crippen LogP contribution in [0.5, 0.6) is 0 Å². The molecule has 0 aliphatic carbocycles. The van der Waals surface area contributed by atoms with Gasteiger partial charge >= 0.3 is 0 Å². The van der Waals surface area contributed by atoms with E-state index in [1.54, 1.807) is 19.0 Å². The predicted molar refractivity (Wildman–Crippen MR) is 115 cm³/mol. The number of carbonyl (C=O) groups excluding carboxylic acids is 1. The molecule has 2 aromatic carbocycles. The molecule has 0 spiro atoms. The molecule has 2 rings (SSSR count). The number of nitrogens with one attached hydrogen (secondary N) is 2. The van der Waals surface area contributed by atoms with E-state index in [2.05, 4.69) is 31.6 Å². The van der Waals surface area contributed by atoms with Gasteiger partial charge in [0, 0.05) is 37.2 Å². The highest BCUT2D eigenvalue weighted by Gasteiger charge is 2.08. The number of benzene rings is 2. The fourth-order valence-corrected chi connectivity index (χ4v) is 3.17. The Balaban J connectivity index is 1.96. The van der Waals surface area contributed by atoms with Crippen LogP contribution in [-0.4, -0.2) is 44.0 Å². The largest absolute Gasteiger partial charge is 0.357 e. The molecule has 0 radical (unpaired) electrons. The number of guanidine groups is 1. The topological polar surface area (TPSA) is 56.7 Å². The molecule has 150 valence electrons. The monoisotopic (exact) mass is 448 g/mol. The summed E-state index contributed by atoms with van der Waals surface area (Å²) in [6.07, 6.45) is 0.754. The van der Waals surface area contributed by atoms with Gasteiger partial charge in [-0.3, -0.25) is 4.79 Å². The minimum absolute atomic E-state index is 0.00837. The number of hydrogen-bond donors (Lipinski definition) is 2. The molecule has 0 bridgehead atoms. The molecule has 0 saturated heterocycles. The number of amides is 1. The van der Waals surface area contributed by atoms with Gasteiger partial charge in [0.2, 0.25) is 0 Å². The van der Waals surface area contributed by atoms with Gasteiger partial charge in [0.15, 0.2) is 5.96 Å². The predicted octanol–water partition coefficient (Wildman–Crippen LogP) is 3.59. The lowest BCUT2D eigenvalue weighted by Crippen LogP contribution is -2.38. The number of halogens is 2. The zero-order valence-corrected chi connectivity index (χ0v) is 18.0. The highest BCUT2D eigenvalue weighted by atomic mass is 79.9. The molecule has 0 aromatic heterocycles. The van der Waals surface area contributed by atoms with Crippen molar-refractivity contribution in [1.29, 1.82) is 0 Å². The molecule has 0 atom stereocenters. The second kappa shape index (κ2) is 10.8. The molecular weight excluding hydrogens is 423 g/mol. The van der Waals surface area contributed by atoms with Gasteiger partial charge in [-0.25, -0.2) is 9.38 Å². The molecule has 0 unspecified atom stereocenters. The van der Waals surface area contributed by atoms with Crippen molar-refractivity contribution < 1.29 is 9.18 Å². The van der Waals surface area contributed by atoms with Crippen molar-refractivity contribution in [3.63, 3.8) is 0 Å². The van der Waals surface area contributed by atoms with Crippen LogP contribution >= 0.6 is 15.9 Å². The first kappa shape index (κ1) is 21.9. The van der Waals surface area contributed by atoms with E-state index < -0.39 is 0 Å². The normalized spacial score (nSPS) is 11.2. The SMILES string of the molecule is CCNC(=NCc1cc(F)cc(Br)c1)NCCc1cccc(C(=O)N(C)C)c1. The van der Waals surface area contributed by atoms with E-state index in [4.69, 9.17) is 0 Å². The third-order valence-corrected chi connectivity index (χ3v) is 4.43. The number of carbonyl (C=O) groups is 1. The summed E-state index contributed by atoms with van der Waals surface area (Å²) in [6, 6.07) is 12.4. The smallest absolute Gasteiger partial charge is 0.253 e. The highest BCUT2D eigenvalue weighted by Crippen LogP contribution is 2.15. The van der Waals surface area contributed by atoms with E-state index in [0.717, 1.165) is 24.1 Å². The maximum atomic E-state index is 13.5. The molecule has 5 nitrogen and oxygen atoms in total. The van der Waals surface area contributed by atoms with Crippen molar-refractivity contribution in [1.82, 2.24) is 15.5 Å². The van der Waals surface area contributed by atoms with E-state index in [-0.39, 0.29) is 11.7 Å². The third-order valence-electron chi connectivity index (χ3n) is 3.97. The van der Waals surface area contributed by atoms with Crippen LogP contribution in [0.1, 0.15) is 28.4 Å². The Morgan fingerprint density at radius 1 is 1.14 bits per heavy atom. The Morgan fingerprint density at radius 2 is 1.93 bits per heavy atom. The van der Waals surface area contributed by atoms with Gasteiger partial charge in [0.1, 0.15) is 5.82 Å². The quantitative estimate of drug-likeness (QED) is 0.502. The van der Waals surface area contributed by atoms with Crippen LogP contribution in [0.2, 0.25) is 0 Å². The lowest BCUT2D eigenvalue weighted by molar-refractivity contribution is 0.0827. The van der Waals surface area contributed by atoms with E-state index in [1.807, 2.05) is 37.3 Å². The highest BCUT2D eigenvalue weighted by molar-refractivity contribution is 9.10. The van der Waals surface area contributed by atoms with Crippen molar-refractivity contribution in [2.45, 2.75) is 19.9 Å². The molecule has 0 aliphatic heterocycles. The minimum atomic E-state index is -0.287. The molecule has 0 heterocycles. The van der Waals surface area contributed by atoms with Gasteiger partial charge in [-0.15, -0.1) is 0 Å². The number of hydrogen-bond acceptors (Lipinski definition) is 2. The standard InChI is InChI=1S/C21H26BrFN4O/c1-4-24-21(26-14-16-11-18(22)13-19(23)12-16)25-9-8-15-6-5-7-17(10-15)20(28)27(2)3/h5-7,10-13H,4,8-9,14H2,1-3H3,(H2,24,25,26). The van der Waals surface area contributed by atoms with Crippen molar-refractivity contribution in [2.75, 3.05) is 27.2 Å². The van der Waals surface area contributed by atoms with Crippen molar-refractivity contribution in [3.8, 4) is 0 Å². The summed E-state index contributed by atoms with van der Waals surface area (Å²) in [4.78, 5) is 18.2. The average Bonchev–Trinajstić information content (AvgIpc) is 2.65.